The van der Waals surface area contributed by atoms with E-state index in [9.17, 15) is 19.8 Å². The van der Waals surface area contributed by atoms with E-state index in [4.69, 9.17) is 9.84 Å². The molecule has 168 valence electrons. The molecule has 0 aromatic heterocycles. The number of hydrogen-bond acceptors (Lipinski definition) is 7. The number of ketones is 1. The van der Waals surface area contributed by atoms with Gasteiger partial charge in [0, 0.05) is 19.4 Å². The summed E-state index contributed by atoms with van der Waals surface area (Å²) in [5, 5.41) is 29.2. The van der Waals surface area contributed by atoms with E-state index in [1.54, 1.807) is 18.9 Å². The molecular weight excluding hydrogens is 424 g/mol. The first-order chi connectivity index (χ1) is 14.4. The fraction of sp³-hybridized carbons (Fsp3) is 0.636. The quantitative estimate of drug-likeness (QED) is 0.367. The molecule has 4 atom stereocenters. The van der Waals surface area contributed by atoms with Gasteiger partial charge in [0.2, 0.25) is 0 Å². The zero-order valence-electron chi connectivity index (χ0n) is 17.4. The van der Waals surface area contributed by atoms with Gasteiger partial charge in [0.25, 0.3) is 0 Å². The predicted octanol–water partition coefficient (Wildman–Crippen LogP) is 2.78. The molecule has 0 heterocycles. The van der Waals surface area contributed by atoms with Crippen LogP contribution in [0.4, 0.5) is 0 Å². The Balaban J connectivity index is 1.77. The minimum absolute atomic E-state index is 0.0810. The van der Waals surface area contributed by atoms with Crippen molar-refractivity contribution in [1.29, 1.82) is 0 Å². The van der Waals surface area contributed by atoms with Gasteiger partial charge in [0.05, 0.1) is 29.8 Å². The van der Waals surface area contributed by atoms with E-state index >= 15 is 0 Å². The van der Waals surface area contributed by atoms with Crippen molar-refractivity contribution in [2.24, 2.45) is 5.92 Å². The number of carboxylic acids is 1. The standard InChI is InChI=1S/C22H32O6S2/c1-28-13-16-5-2-4-15(10-16)11-17(23)6-7-18-19(24)12-20(25)22(18)30-9-3-8-29-14-21(26)27/h2,4-5,10,17-19,22-24H,3,6-9,11-14H2,1H3,(H,26,27)/t17?,18-,19?,22?/m0/s1. The summed E-state index contributed by atoms with van der Waals surface area (Å²) >= 11 is 2.94. The van der Waals surface area contributed by atoms with Crippen LogP contribution in [0.25, 0.3) is 0 Å². The largest absolute Gasteiger partial charge is 0.481 e. The van der Waals surface area contributed by atoms with Crippen LogP contribution in [-0.2, 0) is 27.4 Å². The zero-order valence-corrected chi connectivity index (χ0v) is 19.0. The average molecular weight is 457 g/mol. The Bertz CT molecular complexity index is 683. The number of Topliss-reactive ketones (excluding diaryl/α,β-unsaturated/α-hetero) is 1. The van der Waals surface area contributed by atoms with Crippen LogP contribution in [0.5, 0.6) is 0 Å². The third kappa shape index (κ3) is 8.59. The molecule has 3 unspecified atom stereocenters. The lowest BCUT2D eigenvalue weighted by Gasteiger charge is -2.22. The fourth-order valence-electron chi connectivity index (χ4n) is 3.78. The molecule has 0 amide bonds. The van der Waals surface area contributed by atoms with Crippen molar-refractivity contribution in [1.82, 2.24) is 0 Å². The zero-order chi connectivity index (χ0) is 21.9. The summed E-state index contributed by atoms with van der Waals surface area (Å²) in [6, 6.07) is 7.96. The number of carbonyl (C=O) groups excluding carboxylic acids is 1. The Morgan fingerprint density at radius 1 is 1.30 bits per heavy atom. The van der Waals surface area contributed by atoms with Gasteiger partial charge in [0.15, 0.2) is 0 Å². The molecule has 0 aliphatic heterocycles. The van der Waals surface area contributed by atoms with Crippen molar-refractivity contribution in [3.05, 3.63) is 35.4 Å². The van der Waals surface area contributed by atoms with Crippen molar-refractivity contribution in [2.75, 3.05) is 24.4 Å². The predicted molar refractivity (Wildman–Crippen MR) is 121 cm³/mol. The molecule has 30 heavy (non-hydrogen) atoms. The maximum Gasteiger partial charge on any atom is 0.313 e. The maximum atomic E-state index is 12.3. The molecular formula is C22H32O6S2. The Morgan fingerprint density at radius 2 is 2.07 bits per heavy atom. The second-order valence-electron chi connectivity index (χ2n) is 7.68. The highest BCUT2D eigenvalue weighted by Crippen LogP contribution is 2.36. The normalized spacial score (nSPS) is 22.4. The smallest absolute Gasteiger partial charge is 0.313 e. The van der Waals surface area contributed by atoms with Gasteiger partial charge in [-0.1, -0.05) is 24.3 Å². The summed E-state index contributed by atoms with van der Waals surface area (Å²) in [6.07, 6.45) is 1.53. The van der Waals surface area contributed by atoms with E-state index in [1.165, 1.54) is 11.8 Å². The maximum absolute atomic E-state index is 12.3. The van der Waals surface area contributed by atoms with Crippen molar-refractivity contribution in [3.63, 3.8) is 0 Å². The SMILES string of the molecule is COCc1cccc(CC(O)CC[C@H]2C(O)CC(=O)C2SCCCSCC(=O)O)c1. The van der Waals surface area contributed by atoms with E-state index in [1.807, 2.05) is 24.3 Å². The Kier molecular flexibility index (Phi) is 11.2. The van der Waals surface area contributed by atoms with Crippen molar-refractivity contribution < 1.29 is 29.6 Å². The van der Waals surface area contributed by atoms with Gasteiger partial charge >= 0.3 is 5.97 Å². The first-order valence-electron chi connectivity index (χ1n) is 10.3. The summed E-state index contributed by atoms with van der Waals surface area (Å²) < 4.78 is 5.15. The third-order valence-electron chi connectivity index (χ3n) is 5.17. The molecule has 2 rings (SSSR count). The number of aliphatic hydroxyl groups is 2. The molecule has 0 radical (unpaired) electrons. The van der Waals surface area contributed by atoms with Crippen LogP contribution in [0.3, 0.4) is 0 Å². The lowest BCUT2D eigenvalue weighted by Crippen LogP contribution is -2.25. The Hall–Kier alpha value is -1.06. The first kappa shape index (κ1) is 25.2. The molecule has 3 N–H and O–H groups in total. The van der Waals surface area contributed by atoms with Gasteiger partial charge in [-0.15, -0.1) is 0 Å². The topological polar surface area (TPSA) is 104 Å². The number of aliphatic carboxylic acids is 1. The summed E-state index contributed by atoms with van der Waals surface area (Å²) in [5.41, 5.74) is 2.11. The number of rotatable bonds is 14. The Morgan fingerprint density at radius 3 is 2.80 bits per heavy atom. The highest BCUT2D eigenvalue weighted by molar-refractivity contribution is 8.01. The molecule has 8 heteroatoms. The summed E-state index contributed by atoms with van der Waals surface area (Å²) in [4.78, 5) is 22.8. The van der Waals surface area contributed by atoms with Crippen LogP contribution in [-0.4, -0.2) is 68.9 Å². The van der Waals surface area contributed by atoms with E-state index in [-0.39, 0.29) is 29.1 Å². The average Bonchev–Trinajstić information content (AvgIpc) is 2.95. The summed E-state index contributed by atoms with van der Waals surface area (Å²) in [5.74, 6) is 0.739. The number of benzene rings is 1. The number of ether oxygens (including phenoxy) is 1. The van der Waals surface area contributed by atoms with Crippen molar-refractivity contribution in [2.45, 2.75) is 56.2 Å². The van der Waals surface area contributed by atoms with Gasteiger partial charge < -0.3 is 20.1 Å². The van der Waals surface area contributed by atoms with Gasteiger partial charge in [-0.25, -0.2) is 0 Å². The molecule has 1 aromatic carbocycles. The molecule has 0 saturated heterocycles. The molecule has 0 bridgehead atoms. The number of carbonyl (C=O) groups is 2. The number of thioether (sulfide) groups is 2. The monoisotopic (exact) mass is 456 g/mol. The van der Waals surface area contributed by atoms with Crippen LogP contribution in [0.2, 0.25) is 0 Å². The van der Waals surface area contributed by atoms with E-state index in [0.29, 0.717) is 25.9 Å². The van der Waals surface area contributed by atoms with Crippen LogP contribution in [0.1, 0.15) is 36.8 Å². The minimum atomic E-state index is -0.814. The lowest BCUT2D eigenvalue weighted by atomic mass is 9.94. The van der Waals surface area contributed by atoms with E-state index in [0.717, 1.165) is 29.1 Å². The Labute approximate surface area is 186 Å². The highest BCUT2D eigenvalue weighted by atomic mass is 32.2. The van der Waals surface area contributed by atoms with Crippen LogP contribution in [0.15, 0.2) is 24.3 Å². The first-order valence-corrected chi connectivity index (χ1v) is 12.5. The molecule has 1 fully saturated rings. The summed E-state index contributed by atoms with van der Waals surface area (Å²) in [7, 11) is 1.65. The molecule has 0 spiro atoms. The van der Waals surface area contributed by atoms with Crippen molar-refractivity contribution >= 4 is 35.3 Å². The van der Waals surface area contributed by atoms with Gasteiger partial charge in [-0.2, -0.15) is 23.5 Å². The number of carboxylic acid groups (broad SMARTS) is 1. The minimum Gasteiger partial charge on any atom is -0.481 e. The molecule has 1 aliphatic carbocycles. The molecule has 1 aromatic rings. The fourth-order valence-corrected chi connectivity index (χ4v) is 6.04. The highest BCUT2D eigenvalue weighted by Gasteiger charge is 2.41. The number of methoxy groups -OCH3 is 1. The molecule has 6 nitrogen and oxygen atoms in total. The van der Waals surface area contributed by atoms with Crippen molar-refractivity contribution in [3.8, 4) is 0 Å². The second kappa shape index (κ2) is 13.4. The van der Waals surface area contributed by atoms with Gasteiger partial charge in [-0.05, 0) is 48.3 Å². The third-order valence-corrected chi connectivity index (χ3v) is 7.70. The molecule has 1 saturated carbocycles. The van der Waals surface area contributed by atoms with Gasteiger partial charge in [0.1, 0.15) is 5.78 Å². The second-order valence-corrected chi connectivity index (χ2v) is 10.0. The van der Waals surface area contributed by atoms with Crippen LogP contribution < -0.4 is 0 Å². The lowest BCUT2D eigenvalue weighted by molar-refractivity contribution is -0.133. The number of aliphatic hydroxyl groups excluding tert-OH is 2. The van der Waals surface area contributed by atoms with Gasteiger partial charge in [-0.3, -0.25) is 9.59 Å². The van der Waals surface area contributed by atoms with E-state index < -0.39 is 18.2 Å². The number of hydrogen-bond donors (Lipinski definition) is 3. The van der Waals surface area contributed by atoms with Crippen LogP contribution in [0, 0.1) is 5.92 Å². The van der Waals surface area contributed by atoms with Crippen LogP contribution >= 0.6 is 23.5 Å². The van der Waals surface area contributed by atoms with E-state index in [2.05, 4.69) is 0 Å². The summed E-state index contributed by atoms with van der Waals surface area (Å²) in [6.45, 7) is 0.536. The molecule has 1 aliphatic rings.